The van der Waals surface area contributed by atoms with Crippen molar-refractivity contribution in [3.05, 3.63) is 65.9 Å². The van der Waals surface area contributed by atoms with Crippen molar-refractivity contribution in [3.8, 4) is 16.2 Å². The van der Waals surface area contributed by atoms with Crippen LogP contribution in [-0.4, -0.2) is 34.1 Å². The van der Waals surface area contributed by atoms with E-state index < -0.39 is 23.5 Å². The number of aliphatic hydroxyl groups excluding tert-OH is 1. The number of nitrogens with zero attached hydrogens (tertiary/aromatic N) is 1. The standard InChI is InChI=1S/C29H37N3O4S/c1-6-12-22(31-27(35)25(33)29(3,4)5)26(34)32-28-30-17-24(37-28)21-15-10-8-14-20(21)18-36-23-16-11-9-13-19(23)7-2/h8-11,13-17,22,25,33H,6-7,12,18H2,1-5H3,(H,31,35)(H,30,32,34)/t22-,25+/m0/s1. The number of aryl methyl sites for hydroxylation is 1. The number of carbonyl (C=O) groups excluding carboxylic acids is 2. The van der Waals surface area contributed by atoms with Gasteiger partial charge in [-0.2, -0.15) is 0 Å². The van der Waals surface area contributed by atoms with Gasteiger partial charge >= 0.3 is 0 Å². The van der Waals surface area contributed by atoms with Gasteiger partial charge in [0.05, 0.1) is 4.88 Å². The Kier molecular flexibility index (Phi) is 9.83. The monoisotopic (exact) mass is 523 g/mol. The molecule has 1 aromatic heterocycles. The van der Waals surface area contributed by atoms with Crippen molar-refractivity contribution in [2.24, 2.45) is 5.41 Å². The number of ether oxygens (including phenoxy) is 1. The number of para-hydroxylation sites is 1. The highest BCUT2D eigenvalue weighted by molar-refractivity contribution is 7.19. The summed E-state index contributed by atoms with van der Waals surface area (Å²) in [6.45, 7) is 9.77. The number of aliphatic hydroxyl groups is 1. The zero-order chi connectivity index (χ0) is 27.0. The molecule has 3 aromatic rings. The lowest BCUT2D eigenvalue weighted by molar-refractivity contribution is -0.137. The van der Waals surface area contributed by atoms with Crippen molar-refractivity contribution < 1.29 is 19.4 Å². The number of amides is 2. The van der Waals surface area contributed by atoms with Gasteiger partial charge in [-0.1, -0.05) is 94.8 Å². The SMILES string of the molecule is CCC[C@H](NC(=O)[C@@H](O)C(C)(C)C)C(=O)Nc1ncc(-c2ccccc2COc2ccccc2CC)s1. The fourth-order valence-corrected chi connectivity index (χ4v) is 4.71. The number of aromatic nitrogens is 1. The molecule has 0 bridgehead atoms. The zero-order valence-corrected chi connectivity index (χ0v) is 23.0. The van der Waals surface area contributed by atoms with Gasteiger partial charge in [0, 0.05) is 6.20 Å². The van der Waals surface area contributed by atoms with E-state index in [1.54, 1.807) is 27.0 Å². The third-order valence-corrected chi connectivity index (χ3v) is 6.98. The summed E-state index contributed by atoms with van der Waals surface area (Å²) in [5, 5.41) is 16.2. The molecular weight excluding hydrogens is 486 g/mol. The Bertz CT molecular complexity index is 1200. The maximum Gasteiger partial charge on any atom is 0.250 e. The Morgan fingerprint density at radius 1 is 1.03 bits per heavy atom. The van der Waals surface area contributed by atoms with Crippen LogP contribution in [0.4, 0.5) is 5.13 Å². The van der Waals surface area contributed by atoms with Gasteiger partial charge in [0.1, 0.15) is 24.5 Å². The Morgan fingerprint density at radius 3 is 2.38 bits per heavy atom. The van der Waals surface area contributed by atoms with Crippen LogP contribution in [0.5, 0.6) is 5.75 Å². The summed E-state index contributed by atoms with van der Waals surface area (Å²) < 4.78 is 6.14. The molecule has 2 aromatic carbocycles. The van der Waals surface area contributed by atoms with Crippen LogP contribution in [0.2, 0.25) is 0 Å². The van der Waals surface area contributed by atoms with Crippen LogP contribution in [0.1, 0.15) is 58.6 Å². The minimum Gasteiger partial charge on any atom is -0.489 e. The van der Waals surface area contributed by atoms with E-state index in [0.717, 1.165) is 33.7 Å². The van der Waals surface area contributed by atoms with Gasteiger partial charge in [0.25, 0.3) is 0 Å². The second-order valence-electron chi connectivity index (χ2n) is 10.0. The molecule has 1 heterocycles. The largest absolute Gasteiger partial charge is 0.489 e. The lowest BCUT2D eigenvalue weighted by Gasteiger charge is -2.26. The van der Waals surface area contributed by atoms with Crippen LogP contribution in [0, 0.1) is 5.41 Å². The van der Waals surface area contributed by atoms with Gasteiger partial charge in [-0.25, -0.2) is 4.98 Å². The van der Waals surface area contributed by atoms with E-state index in [0.29, 0.717) is 24.6 Å². The molecule has 2 amide bonds. The Morgan fingerprint density at radius 2 is 1.70 bits per heavy atom. The fourth-order valence-electron chi connectivity index (χ4n) is 3.83. The molecule has 0 spiro atoms. The zero-order valence-electron chi connectivity index (χ0n) is 22.2. The Hall–Kier alpha value is -3.23. The van der Waals surface area contributed by atoms with Crippen molar-refractivity contribution in [3.63, 3.8) is 0 Å². The Balaban J connectivity index is 1.71. The summed E-state index contributed by atoms with van der Waals surface area (Å²) in [6.07, 6.45) is 2.56. The lowest BCUT2D eigenvalue weighted by Crippen LogP contribution is -2.50. The maximum atomic E-state index is 13.0. The average molecular weight is 524 g/mol. The minimum atomic E-state index is -1.21. The predicted octanol–water partition coefficient (Wildman–Crippen LogP) is 5.58. The van der Waals surface area contributed by atoms with Gasteiger partial charge in [0.2, 0.25) is 11.8 Å². The number of nitrogens with one attached hydrogen (secondary N) is 2. The fraction of sp³-hybridized carbons (Fsp3) is 0.414. The highest BCUT2D eigenvalue weighted by atomic mass is 32.1. The molecule has 2 atom stereocenters. The van der Waals surface area contributed by atoms with Crippen LogP contribution in [-0.2, 0) is 22.6 Å². The molecule has 8 heteroatoms. The molecule has 3 rings (SSSR count). The highest BCUT2D eigenvalue weighted by Crippen LogP contribution is 2.32. The number of thiazole rings is 1. The number of carbonyl (C=O) groups is 2. The van der Waals surface area contributed by atoms with Crippen LogP contribution in [0.15, 0.2) is 54.7 Å². The summed E-state index contributed by atoms with van der Waals surface area (Å²) >= 11 is 1.36. The van der Waals surface area contributed by atoms with E-state index >= 15 is 0 Å². The van der Waals surface area contributed by atoms with E-state index in [4.69, 9.17) is 4.74 Å². The topological polar surface area (TPSA) is 101 Å². The number of benzene rings is 2. The first-order chi connectivity index (χ1) is 17.6. The van der Waals surface area contributed by atoms with Gasteiger partial charge in [-0.3, -0.25) is 9.59 Å². The van der Waals surface area contributed by atoms with Crippen molar-refractivity contribution >= 4 is 28.3 Å². The third-order valence-electron chi connectivity index (χ3n) is 6.03. The number of hydrogen-bond donors (Lipinski definition) is 3. The predicted molar refractivity (Wildman–Crippen MR) is 149 cm³/mol. The summed E-state index contributed by atoms with van der Waals surface area (Å²) in [4.78, 5) is 30.8. The maximum absolute atomic E-state index is 13.0. The molecule has 0 aliphatic rings. The summed E-state index contributed by atoms with van der Waals surface area (Å²) in [6, 6.07) is 15.2. The molecule has 37 heavy (non-hydrogen) atoms. The van der Waals surface area contributed by atoms with Crippen LogP contribution in [0.25, 0.3) is 10.4 Å². The first-order valence-corrected chi connectivity index (χ1v) is 13.5. The van der Waals surface area contributed by atoms with E-state index in [1.165, 1.54) is 11.3 Å². The number of anilines is 1. The van der Waals surface area contributed by atoms with E-state index in [1.807, 2.05) is 49.4 Å². The third kappa shape index (κ3) is 7.63. The van der Waals surface area contributed by atoms with E-state index in [2.05, 4.69) is 28.6 Å². The molecule has 198 valence electrons. The minimum absolute atomic E-state index is 0.356. The first-order valence-electron chi connectivity index (χ1n) is 12.7. The molecule has 3 N–H and O–H groups in total. The molecule has 0 aliphatic carbocycles. The summed E-state index contributed by atoms with van der Waals surface area (Å²) in [7, 11) is 0. The molecule has 0 aliphatic heterocycles. The van der Waals surface area contributed by atoms with Gasteiger partial charge in [-0.15, -0.1) is 0 Å². The number of hydrogen-bond acceptors (Lipinski definition) is 6. The average Bonchev–Trinajstić information content (AvgIpc) is 3.34. The van der Waals surface area contributed by atoms with Crippen molar-refractivity contribution in [1.82, 2.24) is 10.3 Å². The van der Waals surface area contributed by atoms with E-state index in [-0.39, 0.29) is 5.91 Å². The van der Waals surface area contributed by atoms with Gasteiger partial charge < -0.3 is 20.5 Å². The summed E-state index contributed by atoms with van der Waals surface area (Å²) in [5.74, 6) is -0.0397. The molecule has 0 saturated heterocycles. The van der Waals surface area contributed by atoms with Crippen LogP contribution >= 0.6 is 11.3 Å². The van der Waals surface area contributed by atoms with E-state index in [9.17, 15) is 14.7 Å². The molecule has 0 fully saturated rings. The second-order valence-corrected chi connectivity index (χ2v) is 11.1. The normalized spacial score (nSPS) is 13.0. The summed E-state index contributed by atoms with van der Waals surface area (Å²) in [5.41, 5.74) is 2.53. The van der Waals surface area contributed by atoms with Crippen molar-refractivity contribution in [1.29, 1.82) is 0 Å². The molecule has 0 unspecified atom stereocenters. The van der Waals surface area contributed by atoms with Crippen LogP contribution in [0.3, 0.4) is 0 Å². The molecular formula is C29H37N3O4S. The smallest absolute Gasteiger partial charge is 0.250 e. The van der Waals surface area contributed by atoms with Crippen molar-refractivity contribution in [2.45, 2.75) is 72.6 Å². The molecule has 0 radical (unpaired) electrons. The first kappa shape index (κ1) is 28.3. The lowest BCUT2D eigenvalue weighted by atomic mass is 9.88. The highest BCUT2D eigenvalue weighted by Gasteiger charge is 2.32. The number of rotatable bonds is 11. The molecule has 7 nitrogen and oxygen atoms in total. The molecule has 0 saturated carbocycles. The van der Waals surface area contributed by atoms with Crippen LogP contribution < -0.4 is 15.4 Å². The van der Waals surface area contributed by atoms with Gasteiger partial charge in [0.15, 0.2) is 5.13 Å². The van der Waals surface area contributed by atoms with Gasteiger partial charge in [-0.05, 0) is 41.0 Å². The van der Waals surface area contributed by atoms with Crippen molar-refractivity contribution in [2.75, 3.05) is 5.32 Å². The Labute approximate surface area is 223 Å². The quantitative estimate of drug-likeness (QED) is 0.305. The second kappa shape index (κ2) is 12.8.